The monoisotopic (exact) mass is 217 g/mol. The van der Waals surface area contributed by atoms with E-state index in [0.29, 0.717) is 5.56 Å². The smallest absolute Gasteiger partial charge is 0.385 e. The number of benzene rings is 1. The van der Waals surface area contributed by atoms with E-state index >= 15 is 0 Å². The minimum absolute atomic E-state index is 0.176. The number of hydrogen-bond donors (Lipinski definition) is 2. The van der Waals surface area contributed by atoms with Gasteiger partial charge in [0.2, 0.25) is 0 Å². The molecule has 1 aromatic carbocycles. The Morgan fingerprint density at radius 2 is 1.73 bits per heavy atom. The van der Waals surface area contributed by atoms with Crippen LogP contribution < -0.4 is 11.6 Å². The van der Waals surface area contributed by atoms with E-state index in [4.69, 9.17) is 11.6 Å². The van der Waals surface area contributed by atoms with Gasteiger partial charge in [-0.25, -0.2) is 0 Å². The second-order valence-corrected chi connectivity index (χ2v) is 2.99. The Morgan fingerprint density at radius 1 is 1.20 bits per heavy atom. The van der Waals surface area contributed by atoms with Gasteiger partial charge in [-0.2, -0.15) is 18.3 Å². The lowest BCUT2D eigenvalue weighted by Crippen LogP contribution is -2.17. The summed E-state index contributed by atoms with van der Waals surface area (Å²) in [5.41, 5.74) is 5.28. The molecular weight excluding hydrogens is 207 g/mol. The molecule has 1 rings (SSSR count). The molecule has 0 spiro atoms. The van der Waals surface area contributed by atoms with Gasteiger partial charge in [-0.05, 0) is 17.7 Å². The van der Waals surface area contributed by atoms with Crippen molar-refractivity contribution < 1.29 is 13.2 Å². The highest BCUT2D eigenvalue weighted by Gasteiger charge is 2.29. The first-order valence-corrected chi connectivity index (χ1v) is 4.12. The van der Waals surface area contributed by atoms with Crippen LogP contribution in [0.1, 0.15) is 11.1 Å². The molecular formula is C9H10F3N3. The summed E-state index contributed by atoms with van der Waals surface area (Å²) in [5, 5.41) is 3.23. The number of amidine groups is 1. The van der Waals surface area contributed by atoms with Crippen molar-refractivity contribution >= 4 is 5.84 Å². The van der Waals surface area contributed by atoms with Gasteiger partial charge in [-0.15, -0.1) is 0 Å². The summed E-state index contributed by atoms with van der Waals surface area (Å²) in [6.07, 6.45) is -4.07. The maximum atomic E-state index is 12.2. The fourth-order valence-electron chi connectivity index (χ4n) is 1.07. The first-order valence-electron chi connectivity index (χ1n) is 4.12. The zero-order valence-corrected chi connectivity index (χ0v) is 7.75. The molecule has 0 atom stereocenters. The van der Waals surface area contributed by atoms with E-state index in [1.807, 2.05) is 0 Å². The molecule has 0 aliphatic rings. The van der Waals surface area contributed by atoms with E-state index < -0.39 is 11.7 Å². The predicted molar refractivity (Wildman–Crippen MR) is 51.0 cm³/mol. The summed E-state index contributed by atoms with van der Waals surface area (Å²) < 4.78 is 36.5. The van der Waals surface area contributed by atoms with Crippen molar-refractivity contribution in [1.82, 2.24) is 0 Å². The summed E-state index contributed by atoms with van der Waals surface area (Å²) in [7, 11) is 0. The van der Waals surface area contributed by atoms with Crippen LogP contribution in [0.5, 0.6) is 0 Å². The molecule has 0 aliphatic carbocycles. The second kappa shape index (κ2) is 4.20. The van der Waals surface area contributed by atoms with E-state index in [0.717, 1.165) is 12.1 Å². The Balaban J connectivity index is 2.82. The highest BCUT2D eigenvalue weighted by Crippen LogP contribution is 2.29. The second-order valence-electron chi connectivity index (χ2n) is 2.99. The highest BCUT2D eigenvalue weighted by molar-refractivity contribution is 5.82. The van der Waals surface area contributed by atoms with Gasteiger partial charge in [0.1, 0.15) is 5.84 Å². The maximum Gasteiger partial charge on any atom is 0.416 e. The van der Waals surface area contributed by atoms with Crippen LogP contribution in [0.3, 0.4) is 0 Å². The van der Waals surface area contributed by atoms with Crippen LogP contribution in [0.25, 0.3) is 0 Å². The van der Waals surface area contributed by atoms with Gasteiger partial charge < -0.3 is 11.6 Å². The summed E-state index contributed by atoms with van der Waals surface area (Å²) in [5.74, 6) is 5.08. The predicted octanol–water partition coefficient (Wildman–Crippen LogP) is 1.48. The Labute approximate surface area is 84.6 Å². The molecule has 6 heteroatoms. The number of rotatable bonds is 2. The van der Waals surface area contributed by atoms with Gasteiger partial charge >= 0.3 is 6.18 Å². The van der Waals surface area contributed by atoms with Gasteiger partial charge in [0.25, 0.3) is 0 Å². The van der Waals surface area contributed by atoms with Crippen molar-refractivity contribution in [2.24, 2.45) is 16.7 Å². The molecule has 0 aliphatic heterocycles. The van der Waals surface area contributed by atoms with E-state index in [9.17, 15) is 13.2 Å². The molecule has 0 saturated heterocycles. The normalized spacial score (nSPS) is 12.9. The van der Waals surface area contributed by atoms with Crippen LogP contribution in [-0.2, 0) is 12.6 Å². The number of hydrazone groups is 1. The van der Waals surface area contributed by atoms with E-state index in [1.165, 1.54) is 12.1 Å². The standard InChI is InChI=1S/C9H10F3N3/c10-9(11,12)7-3-1-6(2-4-7)5-8(13)15-14/h1-4H,5,14H2,(H2,13,15). The molecule has 0 radical (unpaired) electrons. The third kappa shape index (κ3) is 3.16. The van der Waals surface area contributed by atoms with Crippen molar-refractivity contribution in [1.29, 1.82) is 0 Å². The van der Waals surface area contributed by atoms with Crippen molar-refractivity contribution in [2.45, 2.75) is 12.6 Å². The minimum Gasteiger partial charge on any atom is -0.385 e. The fraction of sp³-hybridized carbons (Fsp3) is 0.222. The molecule has 0 heterocycles. The third-order valence-corrected chi connectivity index (χ3v) is 1.83. The lowest BCUT2D eigenvalue weighted by atomic mass is 10.1. The van der Waals surface area contributed by atoms with Crippen LogP contribution in [0.2, 0.25) is 0 Å². The average Bonchev–Trinajstić information content (AvgIpc) is 2.17. The van der Waals surface area contributed by atoms with Gasteiger partial charge in [0.15, 0.2) is 0 Å². The number of nitrogens with two attached hydrogens (primary N) is 2. The van der Waals surface area contributed by atoms with Crippen molar-refractivity contribution in [3.63, 3.8) is 0 Å². The van der Waals surface area contributed by atoms with Crippen molar-refractivity contribution in [2.75, 3.05) is 0 Å². The average molecular weight is 217 g/mol. The Kier molecular flexibility index (Phi) is 3.18. The quantitative estimate of drug-likeness (QED) is 0.341. The minimum atomic E-state index is -4.31. The summed E-state index contributed by atoms with van der Waals surface area (Å²) in [4.78, 5) is 0. The topological polar surface area (TPSA) is 64.4 Å². The van der Waals surface area contributed by atoms with E-state index in [-0.39, 0.29) is 12.3 Å². The van der Waals surface area contributed by atoms with Crippen molar-refractivity contribution in [3.05, 3.63) is 35.4 Å². The van der Waals surface area contributed by atoms with Crippen LogP contribution in [0.15, 0.2) is 29.4 Å². The van der Waals surface area contributed by atoms with Gasteiger partial charge in [0.05, 0.1) is 5.56 Å². The molecule has 15 heavy (non-hydrogen) atoms. The zero-order valence-electron chi connectivity index (χ0n) is 7.75. The van der Waals surface area contributed by atoms with Crippen LogP contribution in [0.4, 0.5) is 13.2 Å². The number of alkyl halides is 3. The van der Waals surface area contributed by atoms with Crippen LogP contribution >= 0.6 is 0 Å². The molecule has 1 aromatic rings. The van der Waals surface area contributed by atoms with Crippen LogP contribution in [-0.4, -0.2) is 5.84 Å². The molecule has 0 amide bonds. The maximum absolute atomic E-state index is 12.2. The lowest BCUT2D eigenvalue weighted by molar-refractivity contribution is -0.137. The first-order chi connectivity index (χ1) is 6.93. The summed E-state index contributed by atoms with van der Waals surface area (Å²) in [6.45, 7) is 0. The van der Waals surface area contributed by atoms with Gasteiger partial charge in [0, 0.05) is 6.42 Å². The largest absolute Gasteiger partial charge is 0.416 e. The molecule has 3 nitrogen and oxygen atoms in total. The number of nitrogens with zero attached hydrogens (tertiary/aromatic N) is 1. The Bertz CT molecular complexity index is 354. The van der Waals surface area contributed by atoms with Gasteiger partial charge in [-0.3, -0.25) is 0 Å². The zero-order chi connectivity index (χ0) is 11.5. The Morgan fingerprint density at radius 3 is 2.13 bits per heavy atom. The number of halogens is 3. The highest BCUT2D eigenvalue weighted by atomic mass is 19.4. The third-order valence-electron chi connectivity index (χ3n) is 1.83. The fourth-order valence-corrected chi connectivity index (χ4v) is 1.07. The van der Waals surface area contributed by atoms with E-state index in [1.54, 1.807) is 0 Å². The molecule has 0 aromatic heterocycles. The van der Waals surface area contributed by atoms with Gasteiger partial charge in [-0.1, -0.05) is 12.1 Å². The molecule has 82 valence electrons. The van der Waals surface area contributed by atoms with Crippen LogP contribution in [0, 0.1) is 0 Å². The SMILES string of the molecule is NN=C(N)Cc1ccc(C(F)(F)F)cc1. The molecule has 0 unspecified atom stereocenters. The lowest BCUT2D eigenvalue weighted by Gasteiger charge is -2.07. The van der Waals surface area contributed by atoms with Crippen molar-refractivity contribution in [3.8, 4) is 0 Å². The number of hydrogen-bond acceptors (Lipinski definition) is 2. The molecule has 0 bridgehead atoms. The molecule has 0 saturated carbocycles. The van der Waals surface area contributed by atoms with E-state index in [2.05, 4.69) is 5.10 Å². The molecule has 0 fully saturated rings. The summed E-state index contributed by atoms with van der Waals surface area (Å²) in [6, 6.07) is 4.69. The Hall–Kier alpha value is -1.72. The first kappa shape index (κ1) is 11.4. The summed E-state index contributed by atoms with van der Waals surface area (Å²) >= 11 is 0. The molecule has 4 N–H and O–H groups in total.